The summed E-state index contributed by atoms with van der Waals surface area (Å²) in [6.07, 6.45) is 3.08. The zero-order valence-electron chi connectivity index (χ0n) is 14.0. The Morgan fingerprint density at radius 1 is 1.40 bits per heavy atom. The summed E-state index contributed by atoms with van der Waals surface area (Å²) in [5.74, 6) is 0. The van der Waals surface area contributed by atoms with Gasteiger partial charge in [-0.1, -0.05) is 13.8 Å². The summed E-state index contributed by atoms with van der Waals surface area (Å²) in [5, 5.41) is 8.11. The number of rotatable bonds is 9. The molecule has 0 fully saturated rings. The molecule has 2 atom stereocenters. The lowest BCUT2D eigenvalue weighted by atomic mass is 9.89. The van der Waals surface area contributed by atoms with Crippen LogP contribution in [0, 0.1) is 6.92 Å². The summed E-state index contributed by atoms with van der Waals surface area (Å²) < 4.78 is 8.05. The molecule has 0 amide bonds. The van der Waals surface area contributed by atoms with Gasteiger partial charge in [0.25, 0.3) is 0 Å². The number of nitrogens with one attached hydrogen (secondary N) is 1. The molecule has 1 heterocycles. The van der Waals surface area contributed by atoms with E-state index >= 15 is 0 Å². The third-order valence-corrected chi connectivity index (χ3v) is 4.07. The van der Waals surface area contributed by atoms with Gasteiger partial charge < -0.3 is 10.1 Å². The first-order valence-electron chi connectivity index (χ1n) is 7.83. The van der Waals surface area contributed by atoms with Gasteiger partial charge in [-0.2, -0.15) is 5.10 Å². The topological polar surface area (TPSA) is 39.1 Å². The minimum atomic E-state index is -0.137. The van der Waals surface area contributed by atoms with Crippen molar-refractivity contribution in [2.24, 2.45) is 7.05 Å². The molecule has 0 saturated carbocycles. The predicted molar refractivity (Wildman–Crippen MR) is 84.1 cm³/mol. The lowest BCUT2D eigenvalue weighted by Crippen LogP contribution is -2.52. The predicted octanol–water partition coefficient (Wildman–Crippen LogP) is 2.84. The summed E-state index contributed by atoms with van der Waals surface area (Å²) in [5.41, 5.74) is 2.20. The van der Waals surface area contributed by atoms with Crippen molar-refractivity contribution in [1.29, 1.82) is 0 Å². The van der Waals surface area contributed by atoms with Crippen LogP contribution in [0.25, 0.3) is 0 Å². The Bertz CT molecular complexity index is 402. The zero-order valence-corrected chi connectivity index (χ0v) is 14.0. The Balaban J connectivity index is 2.90. The normalized spacial score (nSPS) is 16.1. The van der Waals surface area contributed by atoms with Crippen molar-refractivity contribution >= 4 is 0 Å². The average molecular weight is 281 g/mol. The Labute approximate surface area is 123 Å². The Kier molecular flexibility index (Phi) is 6.69. The molecule has 0 radical (unpaired) electrons. The molecule has 0 saturated heterocycles. The van der Waals surface area contributed by atoms with Gasteiger partial charge in [0.2, 0.25) is 0 Å². The highest BCUT2D eigenvalue weighted by Gasteiger charge is 2.33. The second-order valence-electron chi connectivity index (χ2n) is 5.71. The fourth-order valence-electron chi connectivity index (χ4n) is 2.67. The molecule has 0 bridgehead atoms. The highest BCUT2D eigenvalue weighted by Crippen LogP contribution is 2.23. The van der Waals surface area contributed by atoms with Crippen molar-refractivity contribution in [3.8, 4) is 0 Å². The summed E-state index contributed by atoms with van der Waals surface area (Å²) in [6.45, 7) is 12.5. The van der Waals surface area contributed by atoms with E-state index in [1.54, 1.807) is 0 Å². The molecule has 0 aliphatic carbocycles. The third-order valence-electron chi connectivity index (χ3n) is 4.07. The number of ether oxygens (including phenoxy) is 1. The fourth-order valence-corrected chi connectivity index (χ4v) is 2.67. The highest BCUT2D eigenvalue weighted by molar-refractivity contribution is 5.11. The van der Waals surface area contributed by atoms with Crippen LogP contribution in [-0.4, -0.2) is 34.6 Å². The maximum atomic E-state index is 6.06. The Morgan fingerprint density at radius 2 is 2.10 bits per heavy atom. The molecule has 1 aromatic rings. The monoisotopic (exact) mass is 281 g/mol. The average Bonchev–Trinajstić information content (AvgIpc) is 2.72. The standard InChI is InChI=1S/C16H31N3O/c1-7-10-17-15(16(5,8-2)20-9-3)12-14-11-13(4)18-19(14)6/h11,15,17H,7-10,12H2,1-6H3. The third kappa shape index (κ3) is 4.32. The molecule has 0 aromatic carbocycles. The van der Waals surface area contributed by atoms with Crippen molar-refractivity contribution in [2.45, 2.75) is 65.5 Å². The van der Waals surface area contributed by atoms with Crippen LogP contribution in [0.1, 0.15) is 51.9 Å². The summed E-state index contributed by atoms with van der Waals surface area (Å²) >= 11 is 0. The Hall–Kier alpha value is -0.870. The van der Waals surface area contributed by atoms with Crippen molar-refractivity contribution in [3.63, 3.8) is 0 Å². The van der Waals surface area contributed by atoms with E-state index < -0.39 is 0 Å². The maximum Gasteiger partial charge on any atom is 0.0807 e. The zero-order chi connectivity index (χ0) is 15.2. The number of hydrogen-bond acceptors (Lipinski definition) is 3. The van der Waals surface area contributed by atoms with Crippen LogP contribution in [0.3, 0.4) is 0 Å². The summed E-state index contributed by atoms with van der Waals surface area (Å²) in [7, 11) is 2.02. The molecule has 0 aliphatic heterocycles. The minimum absolute atomic E-state index is 0.137. The SMILES string of the molecule is CCCNC(Cc1cc(C)nn1C)C(C)(CC)OCC. The van der Waals surface area contributed by atoms with Crippen LogP contribution in [0.15, 0.2) is 6.07 Å². The van der Waals surface area contributed by atoms with Crippen molar-refractivity contribution in [3.05, 3.63) is 17.5 Å². The number of aryl methyl sites for hydroxylation is 2. The van der Waals surface area contributed by atoms with E-state index in [4.69, 9.17) is 4.74 Å². The molecule has 1 rings (SSSR count). The smallest absolute Gasteiger partial charge is 0.0807 e. The van der Waals surface area contributed by atoms with E-state index in [0.717, 1.165) is 38.1 Å². The number of nitrogens with zero attached hydrogens (tertiary/aromatic N) is 2. The maximum absolute atomic E-state index is 6.06. The summed E-state index contributed by atoms with van der Waals surface area (Å²) in [6, 6.07) is 2.48. The van der Waals surface area contributed by atoms with Gasteiger partial charge in [0.1, 0.15) is 0 Å². The summed E-state index contributed by atoms with van der Waals surface area (Å²) in [4.78, 5) is 0. The second-order valence-corrected chi connectivity index (χ2v) is 5.71. The van der Waals surface area contributed by atoms with Gasteiger partial charge in [0.15, 0.2) is 0 Å². The van der Waals surface area contributed by atoms with Crippen molar-refractivity contribution in [1.82, 2.24) is 15.1 Å². The Morgan fingerprint density at radius 3 is 2.55 bits per heavy atom. The lowest BCUT2D eigenvalue weighted by Gasteiger charge is -2.37. The van der Waals surface area contributed by atoms with Gasteiger partial charge >= 0.3 is 0 Å². The van der Waals surface area contributed by atoms with E-state index in [-0.39, 0.29) is 5.60 Å². The lowest BCUT2D eigenvalue weighted by molar-refractivity contribution is -0.0553. The van der Waals surface area contributed by atoms with Crippen LogP contribution in [0.4, 0.5) is 0 Å². The van der Waals surface area contributed by atoms with Gasteiger partial charge in [-0.25, -0.2) is 0 Å². The molecule has 0 spiro atoms. The van der Waals surface area contributed by atoms with E-state index in [1.165, 1.54) is 5.69 Å². The molecule has 20 heavy (non-hydrogen) atoms. The molecule has 4 nitrogen and oxygen atoms in total. The van der Waals surface area contributed by atoms with E-state index in [1.807, 2.05) is 18.7 Å². The van der Waals surface area contributed by atoms with Crippen molar-refractivity contribution < 1.29 is 4.74 Å². The van der Waals surface area contributed by atoms with Crippen LogP contribution in [-0.2, 0) is 18.2 Å². The first kappa shape index (κ1) is 17.2. The van der Waals surface area contributed by atoms with Crippen LogP contribution in [0.2, 0.25) is 0 Å². The van der Waals surface area contributed by atoms with E-state index in [0.29, 0.717) is 6.04 Å². The van der Waals surface area contributed by atoms with Crippen LogP contribution < -0.4 is 5.32 Å². The fraction of sp³-hybridized carbons (Fsp3) is 0.812. The van der Waals surface area contributed by atoms with E-state index in [9.17, 15) is 0 Å². The molecule has 1 aromatic heterocycles. The van der Waals surface area contributed by atoms with E-state index in [2.05, 4.69) is 44.2 Å². The van der Waals surface area contributed by atoms with Gasteiger partial charge in [-0.15, -0.1) is 0 Å². The first-order valence-corrected chi connectivity index (χ1v) is 7.83. The van der Waals surface area contributed by atoms with Gasteiger partial charge in [-0.3, -0.25) is 4.68 Å². The molecule has 1 N–H and O–H groups in total. The largest absolute Gasteiger partial charge is 0.374 e. The van der Waals surface area contributed by atoms with Gasteiger partial charge in [-0.05, 0) is 46.2 Å². The highest BCUT2D eigenvalue weighted by atomic mass is 16.5. The first-order chi connectivity index (χ1) is 9.46. The molecule has 116 valence electrons. The molecule has 2 unspecified atom stereocenters. The molecular weight excluding hydrogens is 250 g/mol. The number of hydrogen-bond donors (Lipinski definition) is 1. The molecular formula is C16H31N3O. The quantitative estimate of drug-likeness (QED) is 0.756. The van der Waals surface area contributed by atoms with Gasteiger partial charge in [0, 0.05) is 31.8 Å². The van der Waals surface area contributed by atoms with Crippen LogP contribution >= 0.6 is 0 Å². The molecule has 0 aliphatic rings. The van der Waals surface area contributed by atoms with Crippen LogP contribution in [0.5, 0.6) is 0 Å². The van der Waals surface area contributed by atoms with Crippen molar-refractivity contribution in [2.75, 3.05) is 13.2 Å². The second kappa shape index (κ2) is 7.79. The van der Waals surface area contributed by atoms with Gasteiger partial charge in [0.05, 0.1) is 11.3 Å². The number of aromatic nitrogens is 2. The molecule has 4 heteroatoms. The minimum Gasteiger partial charge on any atom is -0.374 e.